The van der Waals surface area contributed by atoms with Crippen molar-refractivity contribution in [1.29, 1.82) is 0 Å². The number of rotatable bonds is 8. The van der Waals surface area contributed by atoms with Gasteiger partial charge in [0.05, 0.1) is 12.2 Å². The molecule has 1 aromatic heterocycles. The second-order valence-corrected chi connectivity index (χ2v) is 8.73. The Morgan fingerprint density at radius 1 is 1.17 bits per heavy atom. The Balaban J connectivity index is 1.70. The van der Waals surface area contributed by atoms with Crippen molar-refractivity contribution in [2.75, 3.05) is 0 Å². The van der Waals surface area contributed by atoms with Gasteiger partial charge in [-0.1, -0.05) is 31.2 Å². The van der Waals surface area contributed by atoms with Crippen LogP contribution in [0.15, 0.2) is 47.8 Å². The Bertz CT molecular complexity index is 998. The third-order valence-electron chi connectivity index (χ3n) is 5.45. The predicted molar refractivity (Wildman–Crippen MR) is 123 cm³/mol. The topological polar surface area (TPSA) is 42.4 Å². The maximum Gasteiger partial charge on any atom is 0.254 e. The van der Waals surface area contributed by atoms with Crippen molar-refractivity contribution in [1.82, 2.24) is 9.88 Å². The van der Waals surface area contributed by atoms with Crippen molar-refractivity contribution in [2.45, 2.75) is 60.2 Å². The van der Waals surface area contributed by atoms with Crippen molar-refractivity contribution >= 4 is 17.2 Å². The number of thiazole rings is 1. The molecule has 4 nitrogen and oxygen atoms in total. The minimum absolute atomic E-state index is 0.0432. The van der Waals surface area contributed by atoms with Crippen LogP contribution in [0.3, 0.4) is 0 Å². The number of ether oxygens (including phenoxy) is 1. The van der Waals surface area contributed by atoms with E-state index in [1.54, 1.807) is 11.3 Å². The number of amides is 1. The van der Waals surface area contributed by atoms with Crippen molar-refractivity contribution in [3.63, 3.8) is 0 Å². The average molecular weight is 423 g/mol. The van der Waals surface area contributed by atoms with Crippen molar-refractivity contribution in [2.24, 2.45) is 0 Å². The van der Waals surface area contributed by atoms with Crippen LogP contribution in [0.1, 0.15) is 58.0 Å². The molecule has 0 spiro atoms. The molecular weight excluding hydrogens is 392 g/mol. The number of benzene rings is 2. The lowest BCUT2D eigenvalue weighted by Gasteiger charge is -2.28. The van der Waals surface area contributed by atoms with E-state index in [0.29, 0.717) is 18.7 Å². The van der Waals surface area contributed by atoms with E-state index in [4.69, 9.17) is 9.72 Å². The summed E-state index contributed by atoms with van der Waals surface area (Å²) < 4.78 is 6.06. The third-order valence-corrected chi connectivity index (χ3v) is 6.32. The van der Waals surface area contributed by atoms with Crippen LogP contribution in [-0.4, -0.2) is 21.8 Å². The van der Waals surface area contributed by atoms with E-state index < -0.39 is 0 Å². The summed E-state index contributed by atoms with van der Waals surface area (Å²) in [6.07, 6.45) is 0.894. The molecule has 0 aliphatic heterocycles. The Hall–Kier alpha value is -2.66. The van der Waals surface area contributed by atoms with Gasteiger partial charge in [-0.15, -0.1) is 11.3 Å². The van der Waals surface area contributed by atoms with Crippen LogP contribution in [0.25, 0.3) is 0 Å². The van der Waals surface area contributed by atoms with Gasteiger partial charge in [0.2, 0.25) is 0 Å². The Kier molecular flexibility index (Phi) is 7.27. The highest BCUT2D eigenvalue weighted by atomic mass is 32.1. The summed E-state index contributed by atoms with van der Waals surface area (Å²) in [6, 6.07) is 13.8. The first kappa shape index (κ1) is 22.0. The summed E-state index contributed by atoms with van der Waals surface area (Å²) in [5.74, 6) is 0.950. The van der Waals surface area contributed by atoms with E-state index in [1.807, 2.05) is 40.6 Å². The Morgan fingerprint density at radius 3 is 2.60 bits per heavy atom. The maximum absolute atomic E-state index is 13.0. The van der Waals surface area contributed by atoms with E-state index in [-0.39, 0.29) is 11.9 Å². The van der Waals surface area contributed by atoms with E-state index >= 15 is 0 Å². The first-order chi connectivity index (χ1) is 14.4. The molecule has 0 saturated carbocycles. The zero-order chi connectivity index (χ0) is 21.7. The lowest BCUT2D eigenvalue weighted by atomic mass is 10.1. The lowest BCUT2D eigenvalue weighted by molar-refractivity contribution is 0.0669. The molecule has 0 saturated heterocycles. The molecule has 158 valence electrons. The second-order valence-electron chi connectivity index (χ2n) is 7.78. The summed E-state index contributed by atoms with van der Waals surface area (Å²) in [5.41, 5.74) is 5.20. The molecular formula is C25H30N2O2S. The van der Waals surface area contributed by atoms with Crippen LogP contribution in [0.5, 0.6) is 5.75 Å². The van der Waals surface area contributed by atoms with Crippen LogP contribution in [0.4, 0.5) is 0 Å². The molecule has 30 heavy (non-hydrogen) atoms. The fraction of sp³-hybridized carbons (Fsp3) is 0.360. The maximum atomic E-state index is 13.0. The summed E-state index contributed by atoms with van der Waals surface area (Å²) in [5, 5.41) is 2.94. The molecule has 0 aliphatic carbocycles. The molecule has 5 heteroatoms. The average Bonchev–Trinajstić information content (AvgIpc) is 3.20. The van der Waals surface area contributed by atoms with Gasteiger partial charge < -0.3 is 9.64 Å². The van der Waals surface area contributed by atoms with Gasteiger partial charge in [0.1, 0.15) is 17.4 Å². The number of nitrogens with zero attached hydrogens (tertiary/aromatic N) is 2. The van der Waals surface area contributed by atoms with Crippen LogP contribution in [0.2, 0.25) is 0 Å². The standard InChI is InChI=1S/C25H30N2O2S/c1-6-19(4)27(25(28)21-10-8-7-9-11-21)14-22-16-30-24(26-22)15-29-23-13-17(2)12-18(3)20(23)5/h7-13,16,19H,6,14-15H2,1-5H3. The van der Waals surface area contributed by atoms with Crippen molar-refractivity contribution in [3.05, 3.63) is 80.8 Å². The predicted octanol–water partition coefficient (Wildman–Crippen LogP) is 6.09. The summed E-state index contributed by atoms with van der Waals surface area (Å²) in [7, 11) is 0. The van der Waals surface area contributed by atoms with Crippen LogP contribution >= 0.6 is 11.3 Å². The Morgan fingerprint density at radius 2 is 1.90 bits per heavy atom. The van der Waals surface area contributed by atoms with Crippen LogP contribution in [0, 0.1) is 20.8 Å². The minimum Gasteiger partial charge on any atom is -0.486 e. The quantitative estimate of drug-likeness (QED) is 0.441. The molecule has 0 radical (unpaired) electrons. The zero-order valence-corrected chi connectivity index (χ0v) is 19.3. The van der Waals surface area contributed by atoms with Crippen LogP contribution < -0.4 is 4.74 Å². The molecule has 0 N–H and O–H groups in total. The minimum atomic E-state index is 0.0432. The fourth-order valence-electron chi connectivity index (χ4n) is 3.35. The van der Waals surface area contributed by atoms with Gasteiger partial charge in [-0.05, 0) is 69.0 Å². The zero-order valence-electron chi connectivity index (χ0n) is 18.4. The third kappa shape index (κ3) is 5.28. The van der Waals surface area contributed by atoms with E-state index in [9.17, 15) is 4.79 Å². The smallest absolute Gasteiger partial charge is 0.254 e. The fourth-order valence-corrected chi connectivity index (χ4v) is 4.04. The number of hydrogen-bond acceptors (Lipinski definition) is 4. The SMILES string of the molecule is CCC(C)N(Cc1csc(COc2cc(C)cc(C)c2C)n1)C(=O)c1ccccc1. The van der Waals surface area contributed by atoms with Crippen molar-refractivity contribution < 1.29 is 9.53 Å². The number of carbonyl (C=O) groups excluding carboxylic acids is 1. The first-order valence-corrected chi connectivity index (χ1v) is 11.3. The number of aryl methyl sites for hydroxylation is 2. The summed E-state index contributed by atoms with van der Waals surface area (Å²) in [6.45, 7) is 11.4. The monoisotopic (exact) mass is 422 g/mol. The highest BCUT2D eigenvalue weighted by Gasteiger charge is 2.21. The highest BCUT2D eigenvalue weighted by molar-refractivity contribution is 7.09. The van der Waals surface area contributed by atoms with Gasteiger partial charge in [-0.2, -0.15) is 0 Å². The molecule has 3 aromatic rings. The summed E-state index contributed by atoms with van der Waals surface area (Å²) in [4.78, 5) is 19.7. The van der Waals surface area contributed by atoms with E-state index in [0.717, 1.165) is 28.4 Å². The summed E-state index contributed by atoms with van der Waals surface area (Å²) >= 11 is 1.58. The molecule has 0 fully saturated rings. The molecule has 1 unspecified atom stereocenters. The van der Waals surface area contributed by atoms with E-state index in [1.165, 1.54) is 11.1 Å². The second kappa shape index (κ2) is 9.90. The number of carbonyl (C=O) groups is 1. The molecule has 3 rings (SSSR count). The molecule has 1 amide bonds. The van der Waals surface area contributed by atoms with Gasteiger partial charge in [0.15, 0.2) is 0 Å². The van der Waals surface area contributed by atoms with Gasteiger partial charge in [0, 0.05) is 17.0 Å². The van der Waals surface area contributed by atoms with Gasteiger partial charge in [-0.3, -0.25) is 4.79 Å². The highest BCUT2D eigenvalue weighted by Crippen LogP contribution is 2.25. The first-order valence-electron chi connectivity index (χ1n) is 10.4. The molecule has 0 aliphatic rings. The number of hydrogen-bond donors (Lipinski definition) is 0. The number of aromatic nitrogens is 1. The molecule has 1 atom stereocenters. The normalized spacial score (nSPS) is 11.9. The lowest BCUT2D eigenvalue weighted by Crippen LogP contribution is -2.37. The van der Waals surface area contributed by atoms with Crippen molar-refractivity contribution in [3.8, 4) is 5.75 Å². The van der Waals surface area contributed by atoms with Crippen LogP contribution in [-0.2, 0) is 13.2 Å². The molecule has 1 heterocycles. The Labute approximate surface area is 183 Å². The van der Waals surface area contributed by atoms with E-state index in [2.05, 4.69) is 46.8 Å². The van der Waals surface area contributed by atoms with Gasteiger partial charge in [0.25, 0.3) is 5.91 Å². The van der Waals surface area contributed by atoms with Gasteiger partial charge >= 0.3 is 0 Å². The largest absolute Gasteiger partial charge is 0.486 e. The molecule has 2 aromatic carbocycles. The molecule has 0 bridgehead atoms. The van der Waals surface area contributed by atoms with Gasteiger partial charge in [-0.25, -0.2) is 4.98 Å².